The highest BCUT2D eigenvalue weighted by atomic mass is 15.1. The average molecular weight is 277 g/mol. The van der Waals surface area contributed by atoms with E-state index < -0.39 is 0 Å². The van der Waals surface area contributed by atoms with E-state index in [1.165, 1.54) is 25.7 Å². The van der Waals surface area contributed by atoms with Gasteiger partial charge in [0.2, 0.25) is 0 Å². The predicted octanol–water partition coefficient (Wildman–Crippen LogP) is 3.60. The van der Waals surface area contributed by atoms with E-state index in [4.69, 9.17) is 5.73 Å². The van der Waals surface area contributed by atoms with E-state index in [0.29, 0.717) is 11.9 Å². The molecule has 4 rings (SSSR count). The van der Waals surface area contributed by atoms with Crippen molar-refractivity contribution in [3.05, 3.63) is 42.9 Å². The maximum Gasteiger partial charge on any atom is 0.146 e. The van der Waals surface area contributed by atoms with Gasteiger partial charge in [0.05, 0.1) is 5.39 Å². The van der Waals surface area contributed by atoms with Gasteiger partial charge in [-0.2, -0.15) is 0 Å². The largest absolute Gasteiger partial charge is 0.383 e. The Morgan fingerprint density at radius 3 is 2.67 bits per heavy atom. The molecule has 21 heavy (non-hydrogen) atoms. The fraction of sp³-hybridized carbons (Fsp3) is 0.294. The smallest absolute Gasteiger partial charge is 0.146 e. The van der Waals surface area contributed by atoms with Crippen LogP contribution >= 0.6 is 0 Å². The van der Waals surface area contributed by atoms with Gasteiger partial charge in [-0.15, -0.1) is 0 Å². The Morgan fingerprint density at radius 1 is 1.14 bits per heavy atom. The molecule has 4 heteroatoms. The SMILES string of the molecule is Nc1ncnc2c1c(-c1cc[c]cc1)cn2C1CCCC1. The summed E-state index contributed by atoms with van der Waals surface area (Å²) in [5, 5.41) is 0.968. The number of hydrogen-bond acceptors (Lipinski definition) is 3. The first kappa shape index (κ1) is 12.4. The van der Waals surface area contributed by atoms with Gasteiger partial charge in [0, 0.05) is 17.8 Å². The van der Waals surface area contributed by atoms with Crippen LogP contribution in [0.4, 0.5) is 5.82 Å². The fourth-order valence-electron chi connectivity index (χ4n) is 3.35. The number of fused-ring (bicyclic) bond motifs is 1. The van der Waals surface area contributed by atoms with Crippen LogP contribution in [0.5, 0.6) is 0 Å². The van der Waals surface area contributed by atoms with Crippen LogP contribution in [0.3, 0.4) is 0 Å². The Labute approximate surface area is 123 Å². The van der Waals surface area contributed by atoms with E-state index in [2.05, 4.69) is 38.9 Å². The van der Waals surface area contributed by atoms with Crippen molar-refractivity contribution >= 4 is 16.9 Å². The van der Waals surface area contributed by atoms with E-state index in [1.807, 2.05) is 12.1 Å². The summed E-state index contributed by atoms with van der Waals surface area (Å²) < 4.78 is 2.30. The fourth-order valence-corrected chi connectivity index (χ4v) is 3.35. The third-order valence-electron chi connectivity index (χ3n) is 4.39. The van der Waals surface area contributed by atoms with E-state index in [9.17, 15) is 0 Å². The first-order valence-electron chi connectivity index (χ1n) is 7.42. The molecule has 4 nitrogen and oxygen atoms in total. The van der Waals surface area contributed by atoms with Crippen LogP contribution in [0, 0.1) is 6.07 Å². The van der Waals surface area contributed by atoms with Crippen LogP contribution in [0.1, 0.15) is 31.7 Å². The van der Waals surface area contributed by atoms with Crippen molar-refractivity contribution < 1.29 is 0 Å². The third kappa shape index (κ3) is 1.98. The van der Waals surface area contributed by atoms with Gasteiger partial charge in [0.15, 0.2) is 0 Å². The lowest BCUT2D eigenvalue weighted by Gasteiger charge is -2.12. The predicted molar refractivity (Wildman–Crippen MR) is 83.7 cm³/mol. The number of aromatic nitrogens is 3. The summed E-state index contributed by atoms with van der Waals surface area (Å²) >= 11 is 0. The molecule has 1 fully saturated rings. The summed E-state index contributed by atoms with van der Waals surface area (Å²) in [7, 11) is 0. The second-order valence-electron chi connectivity index (χ2n) is 5.63. The maximum atomic E-state index is 6.13. The van der Waals surface area contributed by atoms with E-state index in [-0.39, 0.29) is 0 Å². The quantitative estimate of drug-likeness (QED) is 0.778. The van der Waals surface area contributed by atoms with Gasteiger partial charge in [-0.25, -0.2) is 9.97 Å². The number of anilines is 1. The molecule has 2 aromatic heterocycles. The first-order chi connectivity index (χ1) is 10.3. The van der Waals surface area contributed by atoms with Gasteiger partial charge in [0.1, 0.15) is 17.8 Å². The standard InChI is InChI=1S/C17H17N4/c18-16-15-14(12-6-2-1-3-7-12)10-21(13-8-4-5-9-13)17(15)20-11-19-16/h2-3,6-7,10-11,13H,4-5,8-9H2,(H2,18,19,20). The first-order valence-corrected chi connectivity index (χ1v) is 7.42. The molecule has 1 radical (unpaired) electrons. The Bertz CT molecular complexity index is 770. The lowest BCUT2D eigenvalue weighted by atomic mass is 10.1. The Hall–Kier alpha value is -2.36. The normalized spacial score (nSPS) is 15.8. The molecule has 0 amide bonds. The Morgan fingerprint density at radius 2 is 1.90 bits per heavy atom. The zero-order chi connectivity index (χ0) is 14.2. The number of nitrogen functional groups attached to an aromatic ring is 1. The third-order valence-corrected chi connectivity index (χ3v) is 4.39. The highest BCUT2D eigenvalue weighted by Crippen LogP contribution is 2.38. The van der Waals surface area contributed by atoms with E-state index >= 15 is 0 Å². The Kier molecular flexibility index (Phi) is 2.88. The van der Waals surface area contributed by atoms with E-state index in [0.717, 1.165) is 22.2 Å². The monoisotopic (exact) mass is 277 g/mol. The molecule has 0 saturated heterocycles. The van der Waals surface area contributed by atoms with Crippen molar-refractivity contribution in [3.8, 4) is 11.1 Å². The number of nitrogens with zero attached hydrogens (tertiary/aromatic N) is 3. The molecule has 1 aliphatic rings. The summed E-state index contributed by atoms with van der Waals surface area (Å²) in [4.78, 5) is 8.68. The molecule has 0 atom stereocenters. The molecule has 1 saturated carbocycles. The number of rotatable bonds is 2. The minimum Gasteiger partial charge on any atom is -0.383 e. The van der Waals surface area contributed by atoms with Crippen molar-refractivity contribution in [3.63, 3.8) is 0 Å². The average Bonchev–Trinajstić information content (AvgIpc) is 3.16. The van der Waals surface area contributed by atoms with Crippen molar-refractivity contribution in [1.82, 2.24) is 14.5 Å². The minimum atomic E-state index is 0.533. The van der Waals surface area contributed by atoms with Gasteiger partial charge < -0.3 is 10.3 Å². The number of benzene rings is 1. The maximum absolute atomic E-state index is 6.13. The van der Waals surface area contributed by atoms with Crippen LogP contribution in [0.15, 0.2) is 36.8 Å². The molecule has 0 unspecified atom stereocenters. The minimum absolute atomic E-state index is 0.533. The summed E-state index contributed by atoms with van der Waals surface area (Å²) in [6.07, 6.45) is 8.78. The van der Waals surface area contributed by atoms with Gasteiger partial charge in [0.25, 0.3) is 0 Å². The van der Waals surface area contributed by atoms with E-state index in [1.54, 1.807) is 6.33 Å². The molecular weight excluding hydrogens is 260 g/mol. The molecule has 1 aliphatic carbocycles. The Balaban J connectivity index is 1.98. The number of nitrogens with two attached hydrogens (primary N) is 1. The topological polar surface area (TPSA) is 56.7 Å². The van der Waals surface area contributed by atoms with Crippen LogP contribution in [-0.4, -0.2) is 14.5 Å². The molecule has 105 valence electrons. The molecule has 3 aromatic rings. The zero-order valence-electron chi connectivity index (χ0n) is 11.8. The number of hydrogen-bond donors (Lipinski definition) is 1. The lowest BCUT2D eigenvalue weighted by molar-refractivity contribution is 0.532. The zero-order valence-corrected chi connectivity index (χ0v) is 11.8. The summed E-state index contributed by atoms with van der Waals surface area (Å²) in [5.41, 5.74) is 9.34. The second-order valence-corrected chi connectivity index (χ2v) is 5.63. The molecule has 0 bridgehead atoms. The molecule has 0 spiro atoms. The van der Waals surface area contributed by atoms with Crippen LogP contribution in [0.25, 0.3) is 22.2 Å². The van der Waals surface area contributed by atoms with Gasteiger partial charge in [-0.3, -0.25) is 0 Å². The van der Waals surface area contributed by atoms with Crippen molar-refractivity contribution in [2.45, 2.75) is 31.7 Å². The highest BCUT2D eigenvalue weighted by Gasteiger charge is 2.22. The van der Waals surface area contributed by atoms with Crippen molar-refractivity contribution in [2.24, 2.45) is 0 Å². The molecule has 1 aromatic carbocycles. The van der Waals surface area contributed by atoms with Crippen LogP contribution < -0.4 is 5.73 Å². The summed E-state index contributed by atoms with van der Waals surface area (Å²) in [5.74, 6) is 0.555. The summed E-state index contributed by atoms with van der Waals surface area (Å²) in [6.45, 7) is 0. The molecular formula is C17H17N4. The van der Waals surface area contributed by atoms with Crippen LogP contribution in [0.2, 0.25) is 0 Å². The summed E-state index contributed by atoms with van der Waals surface area (Å²) in [6, 6.07) is 11.6. The van der Waals surface area contributed by atoms with Gasteiger partial charge in [-0.1, -0.05) is 37.1 Å². The lowest BCUT2D eigenvalue weighted by Crippen LogP contribution is -2.04. The molecule has 2 heterocycles. The van der Waals surface area contributed by atoms with Crippen molar-refractivity contribution in [2.75, 3.05) is 5.73 Å². The van der Waals surface area contributed by atoms with Gasteiger partial charge in [-0.05, 0) is 24.5 Å². The second kappa shape index (κ2) is 4.88. The van der Waals surface area contributed by atoms with Gasteiger partial charge >= 0.3 is 0 Å². The van der Waals surface area contributed by atoms with Crippen LogP contribution in [-0.2, 0) is 0 Å². The highest BCUT2D eigenvalue weighted by molar-refractivity contribution is 6.00. The molecule has 2 N–H and O–H groups in total. The molecule has 0 aliphatic heterocycles. The van der Waals surface area contributed by atoms with Crippen molar-refractivity contribution in [1.29, 1.82) is 0 Å².